The molecule has 43 heavy (non-hydrogen) atoms. The molecule has 4 aromatic rings. The molecule has 228 valence electrons. The maximum Gasteiger partial charge on any atom is 0.327 e. The standard InChI is InChI=1S/C30H33F2N5O5S/c1-18(19-9-6-5-7-10-19)33-25(38)22-11-8-14-36(22)29-34-24-26(43-29)35-28(30(31,32)17-40-2)37(27(24)39)16-20-12-13-21(41-3)15-23(20)42-4/h5-7,9-10,12-13,15,18,22H,8,11,14,16-17H2,1-4H3,(H,33,38)/t18-,22?/m1/s1. The van der Waals surface area contributed by atoms with E-state index in [4.69, 9.17) is 14.2 Å². The number of methoxy groups -OCH3 is 3. The number of ether oxygens (including phenoxy) is 3. The van der Waals surface area contributed by atoms with Crippen LogP contribution in [-0.4, -0.2) is 61.0 Å². The molecular formula is C30H33F2N5O5S. The second-order valence-corrected chi connectivity index (χ2v) is 11.2. The Morgan fingerprint density at radius 2 is 1.91 bits per heavy atom. The molecule has 0 saturated carbocycles. The smallest absolute Gasteiger partial charge is 0.327 e. The predicted octanol–water partition coefficient (Wildman–Crippen LogP) is 4.50. The zero-order valence-electron chi connectivity index (χ0n) is 24.3. The van der Waals surface area contributed by atoms with Crippen LogP contribution in [0.1, 0.15) is 42.8 Å². The van der Waals surface area contributed by atoms with E-state index in [0.717, 1.165) is 35.0 Å². The Kier molecular flexibility index (Phi) is 8.92. The lowest BCUT2D eigenvalue weighted by Gasteiger charge is -2.25. The molecule has 2 aromatic carbocycles. The third-order valence-corrected chi connectivity index (χ3v) is 8.43. The normalized spacial score (nSPS) is 16.0. The van der Waals surface area contributed by atoms with Crippen molar-refractivity contribution in [1.29, 1.82) is 0 Å². The fourth-order valence-electron chi connectivity index (χ4n) is 5.25. The Balaban J connectivity index is 1.52. The minimum absolute atomic E-state index is 0.0480. The third-order valence-electron chi connectivity index (χ3n) is 7.44. The number of rotatable bonds is 11. The first kappa shape index (κ1) is 30.4. The topological polar surface area (TPSA) is 108 Å². The van der Waals surface area contributed by atoms with Crippen LogP contribution in [0.3, 0.4) is 0 Å². The van der Waals surface area contributed by atoms with Crippen LogP contribution in [0.2, 0.25) is 0 Å². The summed E-state index contributed by atoms with van der Waals surface area (Å²) in [5, 5.41) is 3.44. The number of hydrogen-bond acceptors (Lipinski definition) is 9. The van der Waals surface area contributed by atoms with Gasteiger partial charge in [0, 0.05) is 25.3 Å². The molecule has 13 heteroatoms. The van der Waals surface area contributed by atoms with E-state index in [9.17, 15) is 9.59 Å². The van der Waals surface area contributed by atoms with Crippen molar-refractivity contribution in [1.82, 2.24) is 19.9 Å². The van der Waals surface area contributed by atoms with Gasteiger partial charge in [-0.05, 0) is 37.5 Å². The van der Waals surface area contributed by atoms with Gasteiger partial charge in [0.2, 0.25) is 5.91 Å². The molecule has 10 nitrogen and oxygen atoms in total. The highest BCUT2D eigenvalue weighted by Crippen LogP contribution is 2.35. The molecular weight excluding hydrogens is 580 g/mol. The molecule has 2 atom stereocenters. The first-order valence-corrected chi connectivity index (χ1v) is 14.6. The quantitative estimate of drug-likeness (QED) is 0.264. The van der Waals surface area contributed by atoms with Gasteiger partial charge in [0.15, 0.2) is 21.3 Å². The van der Waals surface area contributed by atoms with Crippen LogP contribution in [0.4, 0.5) is 13.9 Å². The van der Waals surface area contributed by atoms with E-state index in [1.54, 1.807) is 18.2 Å². The average Bonchev–Trinajstić information content (AvgIpc) is 3.67. The summed E-state index contributed by atoms with van der Waals surface area (Å²) in [5.74, 6) is -3.61. The second-order valence-electron chi connectivity index (χ2n) is 10.3. The van der Waals surface area contributed by atoms with Crippen LogP contribution in [0.5, 0.6) is 11.5 Å². The molecule has 2 aromatic heterocycles. The molecule has 5 rings (SSSR count). The summed E-state index contributed by atoms with van der Waals surface area (Å²) in [5.41, 5.74) is 0.672. The number of amides is 1. The molecule has 1 unspecified atom stereocenters. The Labute approximate surface area is 251 Å². The Morgan fingerprint density at radius 3 is 2.60 bits per heavy atom. The number of thiazole rings is 1. The van der Waals surface area contributed by atoms with Gasteiger partial charge in [-0.25, -0.2) is 9.97 Å². The van der Waals surface area contributed by atoms with Gasteiger partial charge < -0.3 is 24.4 Å². The van der Waals surface area contributed by atoms with Gasteiger partial charge in [0.25, 0.3) is 5.56 Å². The lowest BCUT2D eigenvalue weighted by atomic mass is 10.1. The minimum atomic E-state index is -3.57. The monoisotopic (exact) mass is 613 g/mol. The largest absolute Gasteiger partial charge is 0.497 e. The SMILES string of the molecule is COCC(F)(F)c1nc2sc(N3CCCC3C(=O)N[C@H](C)c3ccccc3)nc2c(=O)n1Cc1ccc(OC)cc1OC. The molecule has 0 radical (unpaired) electrons. The number of alkyl halides is 2. The number of anilines is 1. The number of carbonyl (C=O) groups excluding carboxylic acids is 1. The van der Waals surface area contributed by atoms with E-state index in [-0.39, 0.29) is 28.8 Å². The lowest BCUT2D eigenvalue weighted by Crippen LogP contribution is -2.44. The van der Waals surface area contributed by atoms with Crippen molar-refractivity contribution in [2.24, 2.45) is 0 Å². The summed E-state index contributed by atoms with van der Waals surface area (Å²) in [6, 6.07) is 13.8. The molecule has 1 N–H and O–H groups in total. The van der Waals surface area contributed by atoms with Gasteiger partial charge in [-0.3, -0.25) is 14.2 Å². The fraction of sp³-hybridized carbons (Fsp3) is 0.400. The summed E-state index contributed by atoms with van der Waals surface area (Å²) in [6.07, 6.45) is 1.33. The maximum absolute atomic E-state index is 15.4. The summed E-state index contributed by atoms with van der Waals surface area (Å²) >= 11 is 1.02. The highest BCUT2D eigenvalue weighted by atomic mass is 32.1. The summed E-state index contributed by atoms with van der Waals surface area (Å²) < 4.78 is 47.1. The van der Waals surface area contributed by atoms with Crippen molar-refractivity contribution in [2.75, 3.05) is 39.4 Å². The molecule has 1 aliphatic rings. The first-order valence-electron chi connectivity index (χ1n) is 13.8. The summed E-state index contributed by atoms with van der Waals surface area (Å²) in [4.78, 5) is 37.8. The number of aromatic nitrogens is 3. The molecule has 0 bridgehead atoms. The average molecular weight is 614 g/mol. The van der Waals surface area contributed by atoms with Crippen molar-refractivity contribution >= 4 is 32.7 Å². The van der Waals surface area contributed by atoms with Crippen molar-refractivity contribution in [2.45, 2.75) is 44.3 Å². The van der Waals surface area contributed by atoms with Crippen molar-refractivity contribution in [3.63, 3.8) is 0 Å². The third kappa shape index (κ3) is 6.18. The van der Waals surface area contributed by atoms with E-state index in [0.29, 0.717) is 35.2 Å². The van der Waals surface area contributed by atoms with E-state index in [1.165, 1.54) is 14.2 Å². The van der Waals surface area contributed by atoms with Crippen molar-refractivity contribution < 1.29 is 27.8 Å². The molecule has 0 spiro atoms. The molecule has 1 saturated heterocycles. The number of fused-ring (bicyclic) bond motifs is 1. The number of halogens is 2. The van der Waals surface area contributed by atoms with Gasteiger partial charge in [-0.1, -0.05) is 41.7 Å². The van der Waals surface area contributed by atoms with Gasteiger partial charge >= 0.3 is 5.92 Å². The first-order chi connectivity index (χ1) is 20.7. The van der Waals surface area contributed by atoms with Crippen LogP contribution in [0.25, 0.3) is 10.3 Å². The highest BCUT2D eigenvalue weighted by molar-refractivity contribution is 7.21. The van der Waals surface area contributed by atoms with E-state index in [2.05, 4.69) is 15.3 Å². The number of hydrogen-bond donors (Lipinski definition) is 1. The van der Waals surface area contributed by atoms with Gasteiger partial charge in [0.1, 0.15) is 24.1 Å². The minimum Gasteiger partial charge on any atom is -0.497 e. The second kappa shape index (κ2) is 12.6. The Bertz CT molecular complexity index is 1660. The highest BCUT2D eigenvalue weighted by Gasteiger charge is 2.39. The number of nitrogens with zero attached hydrogens (tertiary/aromatic N) is 4. The summed E-state index contributed by atoms with van der Waals surface area (Å²) in [6.45, 7) is 1.23. The van der Waals surface area contributed by atoms with E-state index >= 15 is 8.78 Å². The number of nitrogens with one attached hydrogen (secondary N) is 1. The molecule has 1 fully saturated rings. The van der Waals surface area contributed by atoms with Gasteiger partial charge in [-0.15, -0.1) is 0 Å². The maximum atomic E-state index is 15.4. The van der Waals surface area contributed by atoms with Crippen LogP contribution < -0.4 is 25.2 Å². The predicted molar refractivity (Wildman–Crippen MR) is 159 cm³/mol. The molecule has 3 heterocycles. The van der Waals surface area contributed by atoms with Gasteiger partial charge in [0.05, 0.1) is 26.8 Å². The van der Waals surface area contributed by atoms with Crippen LogP contribution in [-0.2, 0) is 22.0 Å². The van der Waals surface area contributed by atoms with E-state index < -0.39 is 30.0 Å². The zero-order valence-corrected chi connectivity index (χ0v) is 25.1. The van der Waals surface area contributed by atoms with Crippen molar-refractivity contribution in [3.05, 3.63) is 75.8 Å². The van der Waals surface area contributed by atoms with Crippen LogP contribution in [0.15, 0.2) is 53.3 Å². The van der Waals surface area contributed by atoms with Crippen molar-refractivity contribution in [3.8, 4) is 11.5 Å². The zero-order chi connectivity index (χ0) is 30.7. The Morgan fingerprint density at radius 1 is 1.14 bits per heavy atom. The van der Waals surface area contributed by atoms with Gasteiger partial charge in [-0.2, -0.15) is 8.78 Å². The lowest BCUT2D eigenvalue weighted by molar-refractivity contribution is -0.122. The fourth-order valence-corrected chi connectivity index (χ4v) is 6.25. The van der Waals surface area contributed by atoms with Crippen LogP contribution in [0, 0.1) is 0 Å². The molecule has 0 aliphatic carbocycles. The molecule has 1 amide bonds. The number of benzene rings is 2. The number of carbonyl (C=O) groups is 1. The van der Waals surface area contributed by atoms with E-state index in [1.807, 2.05) is 42.2 Å². The summed E-state index contributed by atoms with van der Waals surface area (Å²) in [7, 11) is 4.10. The molecule has 1 aliphatic heterocycles. The Hall–Kier alpha value is -4.10. The van der Waals surface area contributed by atoms with Crippen LogP contribution >= 0.6 is 11.3 Å².